The largest absolute Gasteiger partial charge is 0.310 e. The summed E-state index contributed by atoms with van der Waals surface area (Å²) in [6.07, 6.45) is 0. The van der Waals surface area contributed by atoms with Crippen molar-refractivity contribution in [1.82, 2.24) is 0 Å². The molecule has 3 nitrogen and oxygen atoms in total. The number of para-hydroxylation sites is 5. The van der Waals surface area contributed by atoms with Crippen molar-refractivity contribution in [2.45, 2.75) is 47.0 Å². The second-order valence-corrected chi connectivity index (χ2v) is 17.4. The fourth-order valence-electron chi connectivity index (χ4n) is 9.96. The molecule has 0 spiro atoms. The summed E-state index contributed by atoms with van der Waals surface area (Å²) in [4.78, 5) is 7.28. The Hall–Kier alpha value is -7.62. The highest BCUT2D eigenvalue weighted by Gasteiger charge is 2.46. The Morgan fingerprint density at radius 1 is 0.328 bits per heavy atom. The van der Waals surface area contributed by atoms with Crippen LogP contribution in [-0.4, -0.2) is 0 Å². The summed E-state index contributed by atoms with van der Waals surface area (Å²) in [5.74, 6) is 0. The first-order chi connectivity index (χ1) is 31.2. The van der Waals surface area contributed by atoms with E-state index in [-0.39, 0.29) is 0 Å². The predicted octanol–water partition coefficient (Wildman–Crippen LogP) is 16.6. The molecule has 0 radical (unpaired) electrons. The summed E-state index contributed by atoms with van der Waals surface area (Å²) >= 11 is 0. The molecule has 1 aliphatic rings. The monoisotopic (exact) mass is 827 g/mol. The first-order valence-corrected chi connectivity index (χ1v) is 22.4. The number of nitrogens with zero attached hydrogens (tertiary/aromatic N) is 3. The molecule has 9 aromatic carbocycles. The standard InChI is InChI=1S/C61H53N3/c1-42-27-34-50(35-28-42)64-59-26-16-11-21-53(59)61(54-41-43(2)29-40-60(54)64,48-30-36-51(37-31-48)62(55-22-12-7-17-44(55)3)56-23-13-8-18-45(56)4)49-32-38-52(39-33-49)63(57-24-14-9-19-46(57)5)58-25-15-10-20-47(58)6/h7-41H,1-6H3. The molecular formula is C61H53N3. The minimum absolute atomic E-state index is 0.678. The third-order valence-corrected chi connectivity index (χ3v) is 13.2. The van der Waals surface area contributed by atoms with E-state index in [1.807, 2.05) is 0 Å². The lowest BCUT2D eigenvalue weighted by Crippen LogP contribution is -2.38. The molecule has 3 heteroatoms. The van der Waals surface area contributed by atoms with Gasteiger partial charge in [0, 0.05) is 39.8 Å². The van der Waals surface area contributed by atoms with Crippen LogP contribution in [0.15, 0.2) is 212 Å². The van der Waals surface area contributed by atoms with Gasteiger partial charge in [-0.1, -0.05) is 151 Å². The van der Waals surface area contributed by atoms with E-state index in [1.54, 1.807) is 0 Å². The van der Waals surface area contributed by atoms with E-state index in [4.69, 9.17) is 0 Å². The minimum Gasteiger partial charge on any atom is -0.310 e. The molecule has 0 N–H and O–H groups in total. The predicted molar refractivity (Wildman–Crippen MR) is 271 cm³/mol. The second-order valence-electron chi connectivity index (χ2n) is 17.4. The van der Waals surface area contributed by atoms with E-state index in [2.05, 4.69) is 269 Å². The number of fused-ring (bicyclic) bond motifs is 2. The van der Waals surface area contributed by atoms with Crippen LogP contribution >= 0.6 is 0 Å². The van der Waals surface area contributed by atoms with Gasteiger partial charge in [-0.2, -0.15) is 0 Å². The van der Waals surface area contributed by atoms with Crippen LogP contribution in [0.4, 0.5) is 51.2 Å². The molecule has 0 fully saturated rings. The summed E-state index contributed by atoms with van der Waals surface area (Å²) in [7, 11) is 0. The quantitative estimate of drug-likeness (QED) is 0.144. The number of benzene rings is 9. The van der Waals surface area contributed by atoms with E-state index in [1.165, 1.54) is 89.8 Å². The Labute approximate surface area is 379 Å². The lowest BCUT2D eigenvalue weighted by Gasteiger charge is -2.47. The van der Waals surface area contributed by atoms with Gasteiger partial charge in [0.25, 0.3) is 0 Å². The summed E-state index contributed by atoms with van der Waals surface area (Å²) < 4.78 is 0. The molecular weight excluding hydrogens is 775 g/mol. The molecule has 0 saturated carbocycles. The maximum absolute atomic E-state index is 2.46. The third kappa shape index (κ3) is 6.85. The van der Waals surface area contributed by atoms with Gasteiger partial charge in [0.05, 0.1) is 16.8 Å². The van der Waals surface area contributed by atoms with Crippen LogP contribution in [0.25, 0.3) is 0 Å². The Morgan fingerprint density at radius 2 is 0.703 bits per heavy atom. The average molecular weight is 828 g/mol. The van der Waals surface area contributed by atoms with Gasteiger partial charge in [-0.3, -0.25) is 0 Å². The van der Waals surface area contributed by atoms with Gasteiger partial charge in [-0.15, -0.1) is 0 Å². The Balaban J connectivity index is 1.23. The van der Waals surface area contributed by atoms with Crippen LogP contribution in [0, 0.1) is 41.5 Å². The SMILES string of the molecule is Cc1ccc(N2c3ccccc3C(c3ccc(N(c4ccccc4C)c4ccccc4C)cc3)(c3ccc(N(c4ccccc4C)c4ccccc4C)cc3)c3cc(C)ccc32)cc1. The fourth-order valence-corrected chi connectivity index (χ4v) is 9.96. The summed E-state index contributed by atoms with van der Waals surface area (Å²) in [5.41, 5.74) is 21.9. The molecule has 0 atom stereocenters. The van der Waals surface area contributed by atoms with Crippen LogP contribution in [0.2, 0.25) is 0 Å². The Morgan fingerprint density at radius 3 is 1.14 bits per heavy atom. The van der Waals surface area contributed by atoms with Crippen LogP contribution in [-0.2, 0) is 5.41 Å². The number of hydrogen-bond donors (Lipinski definition) is 0. The zero-order valence-electron chi connectivity index (χ0n) is 37.5. The van der Waals surface area contributed by atoms with E-state index in [0.717, 1.165) is 17.1 Å². The number of anilines is 9. The van der Waals surface area contributed by atoms with E-state index in [9.17, 15) is 0 Å². The van der Waals surface area contributed by atoms with Gasteiger partial charge >= 0.3 is 0 Å². The normalized spacial score (nSPS) is 12.6. The van der Waals surface area contributed by atoms with Crippen molar-refractivity contribution in [2.75, 3.05) is 14.7 Å². The van der Waals surface area contributed by atoms with Crippen molar-refractivity contribution in [3.63, 3.8) is 0 Å². The van der Waals surface area contributed by atoms with E-state index >= 15 is 0 Å². The van der Waals surface area contributed by atoms with Gasteiger partial charge in [0.1, 0.15) is 0 Å². The number of hydrogen-bond acceptors (Lipinski definition) is 3. The highest BCUT2D eigenvalue weighted by Crippen LogP contribution is 2.58. The lowest BCUT2D eigenvalue weighted by atomic mass is 9.62. The van der Waals surface area contributed by atoms with Gasteiger partial charge < -0.3 is 14.7 Å². The Bertz CT molecular complexity index is 2900. The number of rotatable bonds is 9. The fraction of sp³-hybridized carbons (Fsp3) is 0.115. The van der Waals surface area contributed by atoms with Gasteiger partial charge in [0.2, 0.25) is 0 Å². The zero-order chi connectivity index (χ0) is 44.0. The summed E-state index contributed by atoms with van der Waals surface area (Å²) in [5, 5.41) is 0. The van der Waals surface area contributed by atoms with Crippen LogP contribution in [0.3, 0.4) is 0 Å². The zero-order valence-corrected chi connectivity index (χ0v) is 37.5. The molecule has 64 heavy (non-hydrogen) atoms. The number of aryl methyl sites for hydroxylation is 6. The van der Waals surface area contributed by atoms with Crippen LogP contribution in [0.1, 0.15) is 55.6 Å². The molecule has 0 aromatic heterocycles. The maximum atomic E-state index is 2.46. The molecule has 0 bridgehead atoms. The maximum Gasteiger partial charge on any atom is 0.0742 e. The summed E-state index contributed by atoms with van der Waals surface area (Å²) in [6, 6.07) is 78.5. The first kappa shape index (κ1) is 40.5. The topological polar surface area (TPSA) is 9.72 Å². The molecule has 0 aliphatic carbocycles. The lowest BCUT2D eigenvalue weighted by molar-refractivity contribution is 0.730. The molecule has 9 aromatic rings. The van der Waals surface area contributed by atoms with E-state index < -0.39 is 5.41 Å². The molecule has 0 unspecified atom stereocenters. The smallest absolute Gasteiger partial charge is 0.0742 e. The van der Waals surface area contributed by atoms with Crippen LogP contribution < -0.4 is 14.7 Å². The average Bonchev–Trinajstić information content (AvgIpc) is 3.32. The summed E-state index contributed by atoms with van der Waals surface area (Å²) in [6.45, 7) is 13.2. The molecule has 0 saturated heterocycles. The van der Waals surface area contributed by atoms with Crippen LogP contribution in [0.5, 0.6) is 0 Å². The second kappa shape index (κ2) is 16.6. The van der Waals surface area contributed by atoms with Crippen molar-refractivity contribution >= 4 is 51.2 Å². The van der Waals surface area contributed by atoms with Gasteiger partial charge in [-0.25, -0.2) is 0 Å². The van der Waals surface area contributed by atoms with Crippen molar-refractivity contribution in [3.8, 4) is 0 Å². The Kier molecular flexibility index (Phi) is 10.5. The van der Waals surface area contributed by atoms with Crippen molar-refractivity contribution < 1.29 is 0 Å². The molecule has 10 rings (SSSR count). The first-order valence-electron chi connectivity index (χ1n) is 22.4. The highest BCUT2D eigenvalue weighted by molar-refractivity contribution is 5.90. The van der Waals surface area contributed by atoms with Gasteiger partial charge in [-0.05, 0) is 159 Å². The van der Waals surface area contributed by atoms with Crippen molar-refractivity contribution in [2.24, 2.45) is 0 Å². The van der Waals surface area contributed by atoms with Crippen molar-refractivity contribution in [3.05, 3.63) is 268 Å². The minimum atomic E-state index is -0.678. The molecule has 1 heterocycles. The molecule has 312 valence electrons. The van der Waals surface area contributed by atoms with Crippen molar-refractivity contribution in [1.29, 1.82) is 0 Å². The molecule has 1 aliphatic heterocycles. The van der Waals surface area contributed by atoms with E-state index in [0.29, 0.717) is 0 Å². The highest BCUT2D eigenvalue weighted by atomic mass is 15.2. The van der Waals surface area contributed by atoms with Gasteiger partial charge in [0.15, 0.2) is 0 Å². The third-order valence-electron chi connectivity index (χ3n) is 13.2. The molecule has 0 amide bonds.